The van der Waals surface area contributed by atoms with Gasteiger partial charge in [-0.15, -0.1) is 0 Å². The van der Waals surface area contributed by atoms with Crippen LogP contribution in [0.3, 0.4) is 0 Å². The topological polar surface area (TPSA) is 52.6 Å². The van der Waals surface area contributed by atoms with E-state index in [-0.39, 0.29) is 17.0 Å². The molecule has 0 aliphatic heterocycles. The van der Waals surface area contributed by atoms with Crippen molar-refractivity contribution in [2.24, 2.45) is 5.92 Å². The molecule has 1 aromatic carbocycles. The molecule has 22 heavy (non-hydrogen) atoms. The third-order valence-electron chi connectivity index (χ3n) is 3.15. The van der Waals surface area contributed by atoms with Gasteiger partial charge in [0.25, 0.3) is 0 Å². The molecule has 0 saturated carbocycles. The summed E-state index contributed by atoms with van der Waals surface area (Å²) in [5.74, 6) is -0.692. The molecule has 0 aliphatic carbocycles. The first-order valence-electron chi connectivity index (χ1n) is 7.99. The molecule has 4 heteroatoms. The maximum Gasteiger partial charge on any atom is 0.339 e. The Labute approximate surface area is 132 Å². The smallest absolute Gasteiger partial charge is 0.339 e. The zero-order valence-electron chi connectivity index (χ0n) is 13.8. The molecule has 0 bridgehead atoms. The Hall–Kier alpha value is -1.84. The van der Waals surface area contributed by atoms with Gasteiger partial charge in [0.05, 0.1) is 24.3 Å². The third kappa shape index (κ3) is 6.29. The molecule has 122 valence electrons. The molecule has 0 aromatic heterocycles. The van der Waals surface area contributed by atoms with E-state index in [4.69, 9.17) is 9.47 Å². The van der Waals surface area contributed by atoms with Crippen LogP contribution >= 0.6 is 0 Å². The van der Waals surface area contributed by atoms with Crippen LogP contribution in [0.15, 0.2) is 24.3 Å². The van der Waals surface area contributed by atoms with Crippen LogP contribution in [0.5, 0.6) is 0 Å². The molecule has 0 aliphatic rings. The highest BCUT2D eigenvalue weighted by atomic mass is 16.5. The van der Waals surface area contributed by atoms with Gasteiger partial charge in [0, 0.05) is 0 Å². The lowest BCUT2D eigenvalue weighted by Crippen LogP contribution is -2.16. The number of hydrogen-bond acceptors (Lipinski definition) is 4. The minimum absolute atomic E-state index is 0.252. The number of carbonyl (C=O) groups excluding carboxylic acids is 2. The van der Waals surface area contributed by atoms with E-state index in [2.05, 4.69) is 6.92 Å². The van der Waals surface area contributed by atoms with Crippen LogP contribution in [0.2, 0.25) is 0 Å². The van der Waals surface area contributed by atoms with Crippen molar-refractivity contribution in [1.29, 1.82) is 0 Å². The number of esters is 2. The summed E-state index contributed by atoms with van der Waals surface area (Å²) in [7, 11) is 0. The normalized spacial score (nSPS) is 10.5. The van der Waals surface area contributed by atoms with Crippen molar-refractivity contribution < 1.29 is 19.1 Å². The number of benzene rings is 1. The molecule has 0 amide bonds. The average Bonchev–Trinajstić information content (AvgIpc) is 2.52. The van der Waals surface area contributed by atoms with Crippen LogP contribution in [0.1, 0.15) is 67.2 Å². The van der Waals surface area contributed by atoms with E-state index in [1.807, 2.05) is 13.8 Å². The monoisotopic (exact) mass is 306 g/mol. The minimum atomic E-state index is -0.479. The zero-order valence-corrected chi connectivity index (χ0v) is 13.8. The molecule has 0 atom stereocenters. The Bertz CT molecular complexity index is 480. The van der Waals surface area contributed by atoms with Crippen LogP contribution in [0.4, 0.5) is 0 Å². The number of hydrogen-bond donors (Lipinski definition) is 0. The SMILES string of the molecule is CCCCCCOC(=O)c1ccccc1C(=O)OCC(C)C. The fourth-order valence-electron chi connectivity index (χ4n) is 1.93. The predicted octanol–water partition coefficient (Wildman–Crippen LogP) is 4.24. The Morgan fingerprint density at radius 2 is 1.55 bits per heavy atom. The third-order valence-corrected chi connectivity index (χ3v) is 3.15. The van der Waals surface area contributed by atoms with Crippen molar-refractivity contribution >= 4 is 11.9 Å². The maximum absolute atomic E-state index is 12.1. The summed E-state index contributed by atoms with van der Waals surface area (Å²) in [6.45, 7) is 6.77. The largest absolute Gasteiger partial charge is 0.462 e. The van der Waals surface area contributed by atoms with Gasteiger partial charge in [0.2, 0.25) is 0 Å². The van der Waals surface area contributed by atoms with E-state index in [1.54, 1.807) is 24.3 Å². The summed E-state index contributed by atoms with van der Waals surface area (Å²) in [6, 6.07) is 6.62. The first-order valence-corrected chi connectivity index (χ1v) is 7.99. The number of carbonyl (C=O) groups is 2. The van der Waals surface area contributed by atoms with E-state index >= 15 is 0 Å². The van der Waals surface area contributed by atoms with Crippen LogP contribution in [0, 0.1) is 5.92 Å². The molecule has 1 aromatic rings. The van der Waals surface area contributed by atoms with E-state index < -0.39 is 11.9 Å². The van der Waals surface area contributed by atoms with Crippen LogP contribution in [-0.2, 0) is 9.47 Å². The maximum atomic E-state index is 12.1. The quantitative estimate of drug-likeness (QED) is 0.506. The summed E-state index contributed by atoms with van der Waals surface area (Å²) >= 11 is 0. The Morgan fingerprint density at radius 1 is 0.955 bits per heavy atom. The highest BCUT2D eigenvalue weighted by molar-refractivity contribution is 6.03. The van der Waals surface area contributed by atoms with Crippen LogP contribution < -0.4 is 0 Å². The van der Waals surface area contributed by atoms with E-state index in [1.165, 1.54) is 0 Å². The van der Waals surface area contributed by atoms with Crippen molar-refractivity contribution in [2.75, 3.05) is 13.2 Å². The van der Waals surface area contributed by atoms with Crippen molar-refractivity contribution in [1.82, 2.24) is 0 Å². The molecule has 1 rings (SSSR count). The summed E-state index contributed by atoms with van der Waals surface area (Å²) in [5.41, 5.74) is 0.536. The molecular formula is C18H26O4. The predicted molar refractivity (Wildman–Crippen MR) is 86.0 cm³/mol. The molecular weight excluding hydrogens is 280 g/mol. The lowest BCUT2D eigenvalue weighted by molar-refractivity contribution is 0.0427. The molecule has 0 heterocycles. The standard InChI is InChI=1S/C18H26O4/c1-4-5-6-9-12-21-17(19)15-10-7-8-11-16(15)18(20)22-13-14(2)3/h7-8,10-11,14H,4-6,9,12-13H2,1-3H3. The summed E-state index contributed by atoms with van der Waals surface area (Å²) in [4.78, 5) is 24.2. The molecule has 0 unspecified atom stereocenters. The summed E-state index contributed by atoms with van der Waals surface area (Å²) in [6.07, 6.45) is 4.16. The molecule has 0 fully saturated rings. The summed E-state index contributed by atoms with van der Waals surface area (Å²) in [5, 5.41) is 0. The highest BCUT2D eigenvalue weighted by Gasteiger charge is 2.19. The van der Waals surface area contributed by atoms with Crippen molar-refractivity contribution in [3.8, 4) is 0 Å². The van der Waals surface area contributed by atoms with Crippen LogP contribution in [-0.4, -0.2) is 25.2 Å². The van der Waals surface area contributed by atoms with Gasteiger partial charge in [0.1, 0.15) is 0 Å². The van der Waals surface area contributed by atoms with Gasteiger partial charge < -0.3 is 9.47 Å². The van der Waals surface area contributed by atoms with E-state index in [9.17, 15) is 9.59 Å². The van der Waals surface area contributed by atoms with Crippen molar-refractivity contribution in [3.05, 3.63) is 35.4 Å². The first-order chi connectivity index (χ1) is 10.6. The lowest BCUT2D eigenvalue weighted by atomic mass is 10.1. The fourth-order valence-corrected chi connectivity index (χ4v) is 1.93. The van der Waals surface area contributed by atoms with E-state index in [0.717, 1.165) is 25.7 Å². The Balaban J connectivity index is 2.62. The Morgan fingerprint density at radius 3 is 2.09 bits per heavy atom. The van der Waals surface area contributed by atoms with Crippen LogP contribution in [0.25, 0.3) is 0 Å². The van der Waals surface area contributed by atoms with Gasteiger partial charge in [-0.3, -0.25) is 0 Å². The lowest BCUT2D eigenvalue weighted by Gasteiger charge is -2.11. The van der Waals surface area contributed by atoms with Crippen molar-refractivity contribution in [3.63, 3.8) is 0 Å². The highest BCUT2D eigenvalue weighted by Crippen LogP contribution is 2.13. The van der Waals surface area contributed by atoms with Gasteiger partial charge in [0.15, 0.2) is 0 Å². The average molecular weight is 306 g/mol. The van der Waals surface area contributed by atoms with Gasteiger partial charge in [-0.25, -0.2) is 9.59 Å². The number of ether oxygens (including phenoxy) is 2. The minimum Gasteiger partial charge on any atom is -0.462 e. The molecule has 0 spiro atoms. The van der Waals surface area contributed by atoms with E-state index in [0.29, 0.717) is 13.2 Å². The second-order valence-corrected chi connectivity index (χ2v) is 5.73. The number of unbranched alkanes of at least 4 members (excludes halogenated alkanes) is 3. The second kappa shape index (κ2) is 9.98. The van der Waals surface area contributed by atoms with Crippen molar-refractivity contribution in [2.45, 2.75) is 46.5 Å². The second-order valence-electron chi connectivity index (χ2n) is 5.73. The number of rotatable bonds is 9. The zero-order chi connectivity index (χ0) is 16.4. The van der Waals surface area contributed by atoms with Gasteiger partial charge in [-0.2, -0.15) is 0 Å². The molecule has 0 saturated heterocycles. The first kappa shape index (κ1) is 18.2. The molecule has 0 N–H and O–H groups in total. The van der Waals surface area contributed by atoms with Gasteiger partial charge >= 0.3 is 11.9 Å². The van der Waals surface area contributed by atoms with Gasteiger partial charge in [-0.1, -0.05) is 52.2 Å². The van der Waals surface area contributed by atoms with Gasteiger partial charge in [-0.05, 0) is 24.5 Å². The fraction of sp³-hybridized carbons (Fsp3) is 0.556. The molecule has 0 radical (unpaired) electrons. The molecule has 4 nitrogen and oxygen atoms in total. The Kier molecular flexibility index (Phi) is 8.26. The summed E-state index contributed by atoms with van der Waals surface area (Å²) < 4.78 is 10.4.